The van der Waals surface area contributed by atoms with Crippen molar-refractivity contribution in [3.63, 3.8) is 0 Å². The van der Waals surface area contributed by atoms with E-state index < -0.39 is 11.9 Å². The molecule has 9 heteroatoms. The Labute approximate surface area is 112 Å². The topological polar surface area (TPSA) is 67.2 Å². The number of rotatable bonds is 2. The number of halogens is 3. The summed E-state index contributed by atoms with van der Waals surface area (Å²) in [6.07, 6.45) is -3.21. The smallest absolute Gasteiger partial charge is 0.354 e. The first-order chi connectivity index (χ1) is 9.36. The van der Waals surface area contributed by atoms with Crippen molar-refractivity contribution >= 4 is 11.8 Å². The highest BCUT2D eigenvalue weighted by Gasteiger charge is 2.33. The van der Waals surface area contributed by atoms with Gasteiger partial charge >= 0.3 is 6.18 Å². The van der Waals surface area contributed by atoms with E-state index in [0.717, 1.165) is 16.9 Å². The normalized spacial score (nSPS) is 16.8. The predicted molar refractivity (Wildman–Crippen MR) is 61.4 cm³/mol. The number of hydrogen-bond acceptors (Lipinski definition) is 3. The average Bonchev–Trinajstić information content (AvgIpc) is 2.71. The Morgan fingerprint density at radius 1 is 1.40 bits per heavy atom. The molecule has 0 atom stereocenters. The van der Waals surface area contributed by atoms with Crippen molar-refractivity contribution in [1.82, 2.24) is 20.0 Å². The molecule has 1 aliphatic heterocycles. The number of nitrogens with zero attached hydrogens (tertiary/aromatic N) is 3. The quantitative estimate of drug-likeness (QED) is 0.849. The Bertz CT molecular complexity index is 512. The first-order valence-corrected chi connectivity index (χ1v) is 6.01. The van der Waals surface area contributed by atoms with Crippen LogP contribution in [0, 0.1) is 0 Å². The Kier molecular flexibility index (Phi) is 3.96. The molecule has 110 valence electrons. The van der Waals surface area contributed by atoms with Crippen molar-refractivity contribution < 1.29 is 22.8 Å². The maximum absolute atomic E-state index is 12.4. The van der Waals surface area contributed by atoms with Crippen LogP contribution in [-0.2, 0) is 22.3 Å². The lowest BCUT2D eigenvalue weighted by atomic mass is 10.3. The van der Waals surface area contributed by atoms with Crippen molar-refractivity contribution in [2.24, 2.45) is 0 Å². The summed E-state index contributed by atoms with van der Waals surface area (Å²) in [6, 6.07) is 0.820. The Morgan fingerprint density at radius 3 is 2.80 bits per heavy atom. The van der Waals surface area contributed by atoms with Crippen molar-refractivity contribution in [2.45, 2.75) is 19.1 Å². The number of carbonyl (C=O) groups excluding carboxylic acids is 2. The van der Waals surface area contributed by atoms with Gasteiger partial charge in [-0.05, 0) is 6.07 Å². The Balaban J connectivity index is 1.97. The SMILES string of the molecule is O=C1CCN(C(=O)Cn2ccc(C(F)(F)F)n2)CCN1. The lowest BCUT2D eigenvalue weighted by Crippen LogP contribution is -2.36. The van der Waals surface area contributed by atoms with Crippen LogP contribution in [0.2, 0.25) is 0 Å². The summed E-state index contributed by atoms with van der Waals surface area (Å²) in [7, 11) is 0. The molecule has 1 aromatic rings. The molecule has 1 fully saturated rings. The molecule has 0 spiro atoms. The van der Waals surface area contributed by atoms with Crippen LogP contribution in [0.3, 0.4) is 0 Å². The molecule has 0 aromatic carbocycles. The second-order valence-corrected chi connectivity index (χ2v) is 4.38. The minimum atomic E-state index is -4.52. The predicted octanol–water partition coefficient (Wildman–Crippen LogP) is 0.250. The van der Waals surface area contributed by atoms with Crippen molar-refractivity contribution in [2.75, 3.05) is 19.6 Å². The van der Waals surface area contributed by atoms with E-state index in [1.54, 1.807) is 0 Å². The van der Waals surface area contributed by atoms with Crippen molar-refractivity contribution in [1.29, 1.82) is 0 Å². The van der Waals surface area contributed by atoms with Gasteiger partial charge in [0.1, 0.15) is 6.54 Å². The molecule has 1 aliphatic rings. The number of alkyl halides is 3. The van der Waals surface area contributed by atoms with Gasteiger partial charge < -0.3 is 10.2 Å². The fourth-order valence-corrected chi connectivity index (χ4v) is 1.86. The third kappa shape index (κ3) is 3.49. The van der Waals surface area contributed by atoms with E-state index in [0.29, 0.717) is 13.1 Å². The molecule has 1 aromatic heterocycles. The lowest BCUT2D eigenvalue weighted by molar-refractivity contribution is -0.142. The van der Waals surface area contributed by atoms with E-state index in [9.17, 15) is 22.8 Å². The minimum absolute atomic E-state index is 0.140. The number of hydrogen-bond donors (Lipinski definition) is 1. The summed E-state index contributed by atoms with van der Waals surface area (Å²) >= 11 is 0. The second kappa shape index (κ2) is 5.51. The number of nitrogens with one attached hydrogen (secondary N) is 1. The molecule has 0 bridgehead atoms. The van der Waals surface area contributed by atoms with E-state index in [1.807, 2.05) is 0 Å². The Morgan fingerprint density at radius 2 is 2.15 bits per heavy atom. The van der Waals surface area contributed by atoms with E-state index in [-0.39, 0.29) is 31.3 Å². The summed E-state index contributed by atoms with van der Waals surface area (Å²) in [4.78, 5) is 24.5. The Hall–Kier alpha value is -2.06. The van der Waals surface area contributed by atoms with Crippen LogP contribution in [-0.4, -0.2) is 46.1 Å². The van der Waals surface area contributed by atoms with Crippen LogP contribution in [0.4, 0.5) is 13.2 Å². The van der Waals surface area contributed by atoms with Gasteiger partial charge in [0.25, 0.3) is 0 Å². The van der Waals surface area contributed by atoms with Gasteiger partial charge in [-0.15, -0.1) is 0 Å². The van der Waals surface area contributed by atoms with Crippen LogP contribution in [0.15, 0.2) is 12.3 Å². The first kappa shape index (κ1) is 14.4. The summed E-state index contributed by atoms with van der Waals surface area (Å²) < 4.78 is 38.1. The molecule has 20 heavy (non-hydrogen) atoms. The molecule has 2 heterocycles. The molecule has 2 rings (SSSR count). The third-order valence-corrected chi connectivity index (χ3v) is 2.89. The highest BCUT2D eigenvalue weighted by molar-refractivity contribution is 5.80. The zero-order valence-electron chi connectivity index (χ0n) is 10.5. The molecule has 1 N–H and O–H groups in total. The molecule has 1 saturated heterocycles. The number of carbonyl (C=O) groups is 2. The molecule has 0 radical (unpaired) electrons. The summed E-state index contributed by atoms with van der Waals surface area (Å²) in [6.45, 7) is 0.678. The van der Waals surface area contributed by atoms with E-state index in [2.05, 4.69) is 10.4 Å². The maximum Gasteiger partial charge on any atom is 0.435 e. The highest BCUT2D eigenvalue weighted by atomic mass is 19.4. The standard InChI is InChI=1S/C11H13F3N4O2/c12-11(13,14)8-1-5-18(16-8)7-10(20)17-4-2-9(19)15-3-6-17/h1,5H,2-4,6-7H2,(H,15,19). The highest BCUT2D eigenvalue weighted by Crippen LogP contribution is 2.27. The van der Waals surface area contributed by atoms with Crippen molar-refractivity contribution in [3.8, 4) is 0 Å². The van der Waals surface area contributed by atoms with Crippen molar-refractivity contribution in [3.05, 3.63) is 18.0 Å². The monoisotopic (exact) mass is 290 g/mol. The van der Waals surface area contributed by atoms with Gasteiger partial charge in [-0.3, -0.25) is 14.3 Å². The van der Waals surface area contributed by atoms with E-state index in [1.165, 1.54) is 4.90 Å². The minimum Gasteiger partial charge on any atom is -0.354 e. The molecular formula is C11H13F3N4O2. The summed E-state index contributed by atoms with van der Waals surface area (Å²) in [5.41, 5.74) is -1.03. The van der Waals surface area contributed by atoms with Gasteiger partial charge in [-0.25, -0.2) is 0 Å². The largest absolute Gasteiger partial charge is 0.435 e. The number of aromatic nitrogens is 2. The summed E-state index contributed by atoms with van der Waals surface area (Å²) in [5, 5.41) is 5.93. The fraction of sp³-hybridized carbons (Fsp3) is 0.545. The van der Waals surface area contributed by atoms with Crippen LogP contribution >= 0.6 is 0 Å². The first-order valence-electron chi connectivity index (χ1n) is 6.01. The molecule has 0 aliphatic carbocycles. The maximum atomic E-state index is 12.4. The fourth-order valence-electron chi connectivity index (χ4n) is 1.86. The molecule has 6 nitrogen and oxygen atoms in total. The molecule has 0 saturated carbocycles. The van der Waals surface area contributed by atoms with E-state index in [4.69, 9.17) is 0 Å². The molecule has 0 unspecified atom stereocenters. The summed E-state index contributed by atoms with van der Waals surface area (Å²) in [5.74, 6) is -0.503. The van der Waals surface area contributed by atoms with Gasteiger partial charge in [-0.2, -0.15) is 18.3 Å². The van der Waals surface area contributed by atoms with Crippen LogP contribution in [0.1, 0.15) is 12.1 Å². The zero-order valence-corrected chi connectivity index (χ0v) is 10.5. The van der Waals surface area contributed by atoms with E-state index >= 15 is 0 Å². The van der Waals surface area contributed by atoms with Gasteiger partial charge in [-0.1, -0.05) is 0 Å². The third-order valence-electron chi connectivity index (χ3n) is 2.89. The second-order valence-electron chi connectivity index (χ2n) is 4.38. The van der Waals surface area contributed by atoms with Crippen LogP contribution in [0.25, 0.3) is 0 Å². The van der Waals surface area contributed by atoms with Gasteiger partial charge in [0.15, 0.2) is 5.69 Å². The number of amides is 2. The zero-order chi connectivity index (χ0) is 14.8. The average molecular weight is 290 g/mol. The van der Waals surface area contributed by atoms with Gasteiger partial charge in [0.05, 0.1) is 0 Å². The van der Waals surface area contributed by atoms with Crippen LogP contribution < -0.4 is 5.32 Å². The lowest BCUT2D eigenvalue weighted by Gasteiger charge is -2.19. The van der Waals surface area contributed by atoms with Crippen LogP contribution in [0.5, 0.6) is 0 Å². The molecule has 2 amide bonds. The van der Waals surface area contributed by atoms with Gasteiger partial charge in [0.2, 0.25) is 11.8 Å². The van der Waals surface area contributed by atoms with Gasteiger partial charge in [0, 0.05) is 32.3 Å². The molecular weight excluding hydrogens is 277 g/mol.